The van der Waals surface area contributed by atoms with E-state index < -0.39 is 6.04 Å². The molecule has 0 N–H and O–H groups in total. The van der Waals surface area contributed by atoms with Crippen molar-refractivity contribution in [3.8, 4) is 44.5 Å². The normalized spacial score (nSPS) is 13.1. The number of para-hydroxylation sites is 1. The second kappa shape index (κ2) is 11.1. The van der Waals surface area contributed by atoms with Gasteiger partial charge in [-0.05, 0) is 83.4 Å². The smallest absolute Gasteiger partial charge is 0.136 e. The van der Waals surface area contributed by atoms with Gasteiger partial charge < -0.3 is 4.42 Å². The average molecular weight is 628 g/mol. The van der Waals surface area contributed by atoms with E-state index in [1.165, 1.54) is 0 Å². The number of hydrogen-bond acceptors (Lipinski definition) is 1. The summed E-state index contributed by atoms with van der Waals surface area (Å²) in [4.78, 5) is 0. The van der Waals surface area contributed by atoms with Gasteiger partial charge in [-0.15, -0.1) is 0 Å². The van der Waals surface area contributed by atoms with Crippen molar-refractivity contribution in [3.63, 3.8) is 0 Å². The van der Waals surface area contributed by atoms with Gasteiger partial charge in [-0.25, -0.2) is 0 Å². The first kappa shape index (κ1) is 23.0. The molecule has 0 saturated heterocycles. The summed E-state index contributed by atoms with van der Waals surface area (Å²) >= 11 is 0. The van der Waals surface area contributed by atoms with Crippen molar-refractivity contribution in [1.29, 1.82) is 0 Å². The van der Waals surface area contributed by atoms with Crippen molar-refractivity contribution < 1.29 is 11.3 Å². The van der Waals surface area contributed by atoms with Crippen LogP contribution in [0.15, 0.2) is 186 Å². The monoisotopic (exact) mass is 627 g/mol. The van der Waals surface area contributed by atoms with Crippen molar-refractivity contribution in [2.24, 2.45) is 0 Å². The molecular formula is C48H30O. The topological polar surface area (TPSA) is 13.1 Å². The summed E-state index contributed by atoms with van der Waals surface area (Å²) in [5.41, 5.74) is 9.02. The van der Waals surface area contributed by atoms with E-state index in [1.54, 1.807) is 0 Å². The first-order valence-corrected chi connectivity index (χ1v) is 16.4. The molecule has 0 aliphatic carbocycles. The molecule has 0 spiro atoms. The molecule has 0 fully saturated rings. The fourth-order valence-corrected chi connectivity index (χ4v) is 7.75. The molecule has 0 saturated carbocycles. The van der Waals surface area contributed by atoms with Gasteiger partial charge in [0, 0.05) is 16.3 Å². The molecule has 9 aromatic carbocycles. The highest BCUT2D eigenvalue weighted by molar-refractivity contribution is 6.25. The number of rotatable bonds is 4. The van der Waals surface area contributed by atoms with Crippen LogP contribution in [0.4, 0.5) is 0 Å². The van der Waals surface area contributed by atoms with Crippen LogP contribution in [-0.4, -0.2) is 0 Å². The predicted molar refractivity (Wildman–Crippen MR) is 208 cm³/mol. The third-order valence-electron chi connectivity index (χ3n) is 9.77. The Bertz CT molecular complexity index is 3080. The van der Waals surface area contributed by atoms with E-state index in [0.29, 0.717) is 5.56 Å². The highest BCUT2D eigenvalue weighted by Gasteiger charge is 2.22. The molecule has 228 valence electrons. The van der Waals surface area contributed by atoms with Gasteiger partial charge in [0.25, 0.3) is 0 Å². The van der Waals surface area contributed by atoms with Gasteiger partial charge in [-0.1, -0.05) is 170 Å². The van der Waals surface area contributed by atoms with Crippen LogP contribution >= 0.6 is 0 Å². The Morgan fingerprint density at radius 3 is 1.45 bits per heavy atom. The van der Waals surface area contributed by atoms with Crippen LogP contribution < -0.4 is 0 Å². The lowest BCUT2D eigenvalue weighted by Crippen LogP contribution is -1.93. The fourth-order valence-electron chi connectivity index (χ4n) is 7.75. The standard InChI is InChI=1S/C48H30O/c1-3-15-31(16-4-1)33-29-30-44-48(42-25-13-14-26-43(42)49-44)47(33)41-28-27-40(34-19-7-8-20-35(34)41)46-38-23-11-9-21-36(38)45(32-17-5-2-6-18-32)37-22-10-12-24-39(37)46/h1-30H/i2D,5D,6D,17D,18D. The Balaban J connectivity index is 1.32. The minimum Gasteiger partial charge on any atom is -0.456 e. The number of fused-ring (bicyclic) bond motifs is 6. The third kappa shape index (κ3) is 4.26. The maximum absolute atomic E-state index is 8.95. The zero-order chi connectivity index (χ0) is 36.7. The molecule has 0 radical (unpaired) electrons. The maximum atomic E-state index is 8.95. The minimum absolute atomic E-state index is 0.203. The Kier molecular flexibility index (Phi) is 5.20. The molecule has 0 aliphatic rings. The molecule has 1 heteroatoms. The lowest BCUT2D eigenvalue weighted by atomic mass is 9.82. The zero-order valence-corrected chi connectivity index (χ0v) is 26.3. The molecule has 10 aromatic rings. The first-order chi connectivity index (χ1) is 26.4. The first-order valence-electron chi connectivity index (χ1n) is 18.9. The van der Waals surface area contributed by atoms with Gasteiger partial charge >= 0.3 is 0 Å². The molecule has 1 heterocycles. The number of furan rings is 1. The summed E-state index contributed by atoms with van der Waals surface area (Å²) in [5, 5.41) is 7.81. The van der Waals surface area contributed by atoms with Crippen molar-refractivity contribution in [1.82, 2.24) is 0 Å². The zero-order valence-electron chi connectivity index (χ0n) is 31.3. The van der Waals surface area contributed by atoms with E-state index in [0.717, 1.165) is 87.6 Å². The highest BCUT2D eigenvalue weighted by Crippen LogP contribution is 2.49. The molecule has 0 unspecified atom stereocenters. The van der Waals surface area contributed by atoms with Crippen LogP contribution in [0, 0.1) is 0 Å². The van der Waals surface area contributed by atoms with E-state index in [1.807, 2.05) is 54.6 Å². The van der Waals surface area contributed by atoms with Gasteiger partial charge in [0.1, 0.15) is 11.2 Å². The van der Waals surface area contributed by atoms with Gasteiger partial charge in [0.05, 0.1) is 6.85 Å². The summed E-state index contributed by atoms with van der Waals surface area (Å²) < 4.78 is 49.6. The average Bonchev–Trinajstić information content (AvgIpc) is 3.61. The lowest BCUT2D eigenvalue weighted by Gasteiger charge is -2.20. The van der Waals surface area contributed by atoms with E-state index in [4.69, 9.17) is 11.3 Å². The molecule has 0 bridgehead atoms. The predicted octanol–water partition coefficient (Wildman–Crippen LogP) is 13.7. The summed E-state index contributed by atoms with van der Waals surface area (Å²) in [5.74, 6) is 0. The Morgan fingerprint density at radius 2 is 0.816 bits per heavy atom. The van der Waals surface area contributed by atoms with Crippen LogP contribution in [0.2, 0.25) is 0 Å². The Morgan fingerprint density at radius 1 is 0.327 bits per heavy atom. The van der Waals surface area contributed by atoms with E-state index in [9.17, 15) is 0 Å². The van der Waals surface area contributed by atoms with E-state index >= 15 is 0 Å². The summed E-state index contributed by atoms with van der Waals surface area (Å²) in [6, 6.07) is 50.4. The van der Waals surface area contributed by atoms with Gasteiger partial charge in [-0.2, -0.15) is 0 Å². The van der Waals surface area contributed by atoms with Gasteiger partial charge in [0.15, 0.2) is 0 Å². The van der Waals surface area contributed by atoms with Crippen LogP contribution in [0.5, 0.6) is 0 Å². The largest absolute Gasteiger partial charge is 0.456 e. The molecule has 10 rings (SSSR count). The van der Waals surface area contributed by atoms with Crippen molar-refractivity contribution in [3.05, 3.63) is 182 Å². The summed E-state index contributed by atoms with van der Waals surface area (Å²) in [6.07, 6.45) is 0. The molecule has 0 atom stereocenters. The van der Waals surface area contributed by atoms with Gasteiger partial charge in [-0.3, -0.25) is 0 Å². The fraction of sp³-hybridized carbons (Fsp3) is 0. The Hall–Kier alpha value is -6.44. The van der Waals surface area contributed by atoms with Crippen molar-refractivity contribution >= 4 is 54.3 Å². The minimum atomic E-state index is -0.403. The number of benzene rings is 9. The molecule has 49 heavy (non-hydrogen) atoms. The quantitative estimate of drug-likeness (QED) is 0.177. The lowest BCUT2D eigenvalue weighted by molar-refractivity contribution is 0.669. The number of hydrogen-bond donors (Lipinski definition) is 0. The van der Waals surface area contributed by atoms with Crippen LogP contribution in [0.1, 0.15) is 6.85 Å². The van der Waals surface area contributed by atoms with Crippen LogP contribution in [-0.2, 0) is 0 Å². The van der Waals surface area contributed by atoms with Crippen LogP contribution in [0.25, 0.3) is 98.8 Å². The Labute approximate surface area is 291 Å². The molecule has 1 aromatic heterocycles. The molecule has 0 aliphatic heterocycles. The van der Waals surface area contributed by atoms with E-state index in [-0.39, 0.29) is 29.7 Å². The van der Waals surface area contributed by atoms with Crippen molar-refractivity contribution in [2.75, 3.05) is 0 Å². The summed E-state index contributed by atoms with van der Waals surface area (Å²) in [6.45, 7) is 0. The third-order valence-corrected chi connectivity index (χ3v) is 9.77. The molecule has 0 amide bonds. The van der Waals surface area contributed by atoms with Crippen LogP contribution in [0.3, 0.4) is 0 Å². The SMILES string of the molecule is [2H]c1c([2H])c([2H])c(-c2c3ccccc3c(-c3ccc(-c4c(-c5ccccc5)ccc5oc6ccccc6c45)c4ccccc34)c3ccccc23)c([2H])c1[2H]. The maximum Gasteiger partial charge on any atom is 0.136 e. The molecule has 1 nitrogen and oxygen atoms in total. The second-order valence-electron chi connectivity index (χ2n) is 12.4. The summed E-state index contributed by atoms with van der Waals surface area (Å²) in [7, 11) is 0. The molecular weight excluding hydrogens is 593 g/mol. The highest BCUT2D eigenvalue weighted by atomic mass is 16.3. The second-order valence-corrected chi connectivity index (χ2v) is 12.4. The van der Waals surface area contributed by atoms with Crippen molar-refractivity contribution in [2.45, 2.75) is 0 Å². The van der Waals surface area contributed by atoms with E-state index in [2.05, 4.69) is 97.1 Å². The van der Waals surface area contributed by atoms with Gasteiger partial charge in [0.2, 0.25) is 0 Å².